The minimum absolute atomic E-state index is 0.116. The highest BCUT2D eigenvalue weighted by molar-refractivity contribution is 7.89. The molecule has 2 aromatic carbocycles. The molecule has 0 aliphatic carbocycles. The number of hydrogen-bond donors (Lipinski definition) is 1. The number of benzene rings is 2. The van der Waals surface area contributed by atoms with Gasteiger partial charge in [0.1, 0.15) is 0 Å². The van der Waals surface area contributed by atoms with E-state index in [9.17, 15) is 13.2 Å². The lowest BCUT2D eigenvalue weighted by molar-refractivity contribution is -0.116. The Balaban J connectivity index is 2.00. The molecule has 2 aromatic rings. The van der Waals surface area contributed by atoms with Crippen molar-refractivity contribution in [2.75, 3.05) is 18.4 Å². The Kier molecular flexibility index (Phi) is 7.52. The van der Waals surface area contributed by atoms with E-state index in [1.165, 1.54) is 28.6 Å². The molecule has 0 aliphatic heterocycles. The average molecular weight is 385 g/mol. The standard InChI is InChI=1S/C21H24N2O3S/c1-3-16-23(17-4-2)27(25,26)20-13-11-19(12-14-20)22-21(24)15-10-18-8-6-5-7-9-18/h3-9,11-14H,1-2,10,15-17H2,(H,22,24). The van der Waals surface area contributed by atoms with Crippen molar-refractivity contribution in [2.45, 2.75) is 17.7 Å². The number of rotatable bonds is 10. The molecule has 0 spiro atoms. The number of hydrogen-bond acceptors (Lipinski definition) is 3. The minimum Gasteiger partial charge on any atom is -0.326 e. The van der Waals surface area contributed by atoms with Gasteiger partial charge in [0.05, 0.1) is 4.90 Å². The predicted molar refractivity (Wildman–Crippen MR) is 109 cm³/mol. The fourth-order valence-corrected chi connectivity index (χ4v) is 3.93. The number of carbonyl (C=O) groups excluding carboxylic acids is 1. The molecular weight excluding hydrogens is 360 g/mol. The van der Waals surface area contributed by atoms with E-state index in [4.69, 9.17) is 0 Å². The lowest BCUT2D eigenvalue weighted by atomic mass is 10.1. The highest BCUT2D eigenvalue weighted by atomic mass is 32.2. The summed E-state index contributed by atoms with van der Waals surface area (Å²) in [5.74, 6) is -0.116. The molecule has 0 unspecified atom stereocenters. The lowest BCUT2D eigenvalue weighted by Gasteiger charge is -2.19. The fraction of sp³-hybridized carbons (Fsp3) is 0.190. The van der Waals surface area contributed by atoms with Gasteiger partial charge in [0, 0.05) is 25.2 Å². The Morgan fingerprint density at radius 1 is 0.963 bits per heavy atom. The first-order chi connectivity index (χ1) is 13.0. The number of nitrogens with one attached hydrogen (secondary N) is 1. The third-order valence-electron chi connectivity index (χ3n) is 3.92. The quantitative estimate of drug-likeness (QED) is 0.636. The zero-order valence-corrected chi connectivity index (χ0v) is 16.0. The maximum atomic E-state index is 12.6. The molecule has 0 radical (unpaired) electrons. The maximum absolute atomic E-state index is 12.6. The first-order valence-electron chi connectivity index (χ1n) is 8.63. The zero-order chi connectivity index (χ0) is 19.7. The van der Waals surface area contributed by atoms with Crippen molar-refractivity contribution in [1.82, 2.24) is 4.31 Å². The third kappa shape index (κ3) is 5.91. The highest BCUT2D eigenvalue weighted by Crippen LogP contribution is 2.19. The van der Waals surface area contributed by atoms with E-state index in [1.54, 1.807) is 12.1 Å². The molecule has 1 amide bonds. The molecule has 0 aliphatic rings. The van der Waals surface area contributed by atoms with Gasteiger partial charge >= 0.3 is 0 Å². The zero-order valence-electron chi connectivity index (χ0n) is 15.2. The van der Waals surface area contributed by atoms with Crippen molar-refractivity contribution in [3.8, 4) is 0 Å². The van der Waals surface area contributed by atoms with Gasteiger partial charge in [-0.1, -0.05) is 42.5 Å². The second-order valence-corrected chi connectivity index (χ2v) is 7.90. The van der Waals surface area contributed by atoms with E-state index < -0.39 is 10.0 Å². The summed E-state index contributed by atoms with van der Waals surface area (Å²) in [5, 5.41) is 2.79. The van der Waals surface area contributed by atoms with Crippen LogP contribution < -0.4 is 5.32 Å². The topological polar surface area (TPSA) is 66.5 Å². The molecule has 0 fully saturated rings. The molecular formula is C21H24N2O3S. The number of anilines is 1. The van der Waals surface area contributed by atoms with Crippen LogP contribution in [0.15, 0.2) is 84.8 Å². The summed E-state index contributed by atoms with van der Waals surface area (Å²) in [4.78, 5) is 12.2. The van der Waals surface area contributed by atoms with Crippen LogP contribution in [-0.2, 0) is 21.2 Å². The second kappa shape index (κ2) is 9.85. The van der Waals surface area contributed by atoms with Crippen LogP contribution in [0.3, 0.4) is 0 Å². The summed E-state index contributed by atoms with van der Waals surface area (Å²) in [6.07, 6.45) is 4.07. The molecule has 0 bridgehead atoms. The van der Waals surface area contributed by atoms with E-state index in [0.717, 1.165) is 5.56 Å². The monoisotopic (exact) mass is 384 g/mol. The second-order valence-electron chi connectivity index (χ2n) is 5.96. The Morgan fingerprint density at radius 2 is 1.56 bits per heavy atom. The highest BCUT2D eigenvalue weighted by Gasteiger charge is 2.22. The normalized spacial score (nSPS) is 11.1. The van der Waals surface area contributed by atoms with Crippen molar-refractivity contribution in [3.63, 3.8) is 0 Å². The van der Waals surface area contributed by atoms with E-state index in [-0.39, 0.29) is 23.9 Å². The molecule has 0 heterocycles. The first-order valence-corrected chi connectivity index (χ1v) is 10.1. The van der Waals surface area contributed by atoms with E-state index in [0.29, 0.717) is 18.5 Å². The number of amides is 1. The number of aryl methyl sites for hydroxylation is 1. The van der Waals surface area contributed by atoms with Crippen LogP contribution in [0.5, 0.6) is 0 Å². The molecule has 142 valence electrons. The van der Waals surface area contributed by atoms with Gasteiger partial charge in [-0.05, 0) is 36.2 Å². The van der Waals surface area contributed by atoms with Gasteiger partial charge in [-0.25, -0.2) is 8.42 Å². The predicted octanol–water partition coefficient (Wildman–Crippen LogP) is 3.62. The van der Waals surface area contributed by atoms with Crippen LogP contribution in [0.1, 0.15) is 12.0 Å². The summed E-state index contributed by atoms with van der Waals surface area (Å²) in [6.45, 7) is 7.58. The number of nitrogens with zero attached hydrogens (tertiary/aromatic N) is 1. The van der Waals surface area contributed by atoms with Crippen LogP contribution in [-0.4, -0.2) is 31.7 Å². The number of sulfonamides is 1. The third-order valence-corrected chi connectivity index (χ3v) is 5.77. The van der Waals surface area contributed by atoms with Crippen molar-refractivity contribution in [3.05, 3.63) is 85.5 Å². The largest absolute Gasteiger partial charge is 0.326 e. The van der Waals surface area contributed by atoms with Gasteiger partial charge < -0.3 is 5.32 Å². The van der Waals surface area contributed by atoms with Crippen molar-refractivity contribution >= 4 is 21.6 Å². The Morgan fingerprint density at radius 3 is 2.11 bits per heavy atom. The molecule has 0 saturated carbocycles. The van der Waals surface area contributed by atoms with E-state index in [1.807, 2.05) is 30.3 Å². The SMILES string of the molecule is C=CCN(CC=C)S(=O)(=O)c1ccc(NC(=O)CCc2ccccc2)cc1. The van der Waals surface area contributed by atoms with Gasteiger partial charge in [0.2, 0.25) is 15.9 Å². The van der Waals surface area contributed by atoms with Gasteiger partial charge in [-0.2, -0.15) is 4.31 Å². The van der Waals surface area contributed by atoms with Crippen molar-refractivity contribution in [2.24, 2.45) is 0 Å². The molecule has 1 N–H and O–H groups in total. The van der Waals surface area contributed by atoms with Crippen LogP contribution in [0, 0.1) is 0 Å². The van der Waals surface area contributed by atoms with Crippen LogP contribution >= 0.6 is 0 Å². The van der Waals surface area contributed by atoms with Gasteiger partial charge in [-0.15, -0.1) is 13.2 Å². The number of carbonyl (C=O) groups is 1. The lowest BCUT2D eigenvalue weighted by Crippen LogP contribution is -2.31. The maximum Gasteiger partial charge on any atom is 0.243 e. The molecule has 0 saturated heterocycles. The van der Waals surface area contributed by atoms with Crippen molar-refractivity contribution < 1.29 is 13.2 Å². The minimum atomic E-state index is -3.64. The molecule has 0 aromatic heterocycles. The smallest absolute Gasteiger partial charge is 0.243 e. The summed E-state index contributed by atoms with van der Waals surface area (Å²) >= 11 is 0. The molecule has 5 nitrogen and oxygen atoms in total. The first kappa shape index (κ1) is 20.6. The molecule has 6 heteroatoms. The Labute approximate surface area is 161 Å². The Hall–Kier alpha value is -2.70. The fourth-order valence-electron chi connectivity index (χ4n) is 2.54. The summed E-state index contributed by atoms with van der Waals surface area (Å²) in [7, 11) is -3.64. The molecule has 0 atom stereocenters. The van der Waals surface area contributed by atoms with E-state index in [2.05, 4.69) is 18.5 Å². The molecule has 2 rings (SSSR count). The molecule has 27 heavy (non-hydrogen) atoms. The van der Waals surface area contributed by atoms with Crippen LogP contribution in [0.4, 0.5) is 5.69 Å². The Bertz CT molecular complexity index is 865. The van der Waals surface area contributed by atoms with Gasteiger partial charge in [0.15, 0.2) is 0 Å². The van der Waals surface area contributed by atoms with Gasteiger partial charge in [-0.3, -0.25) is 4.79 Å². The van der Waals surface area contributed by atoms with Crippen molar-refractivity contribution in [1.29, 1.82) is 0 Å². The van der Waals surface area contributed by atoms with Crippen LogP contribution in [0.2, 0.25) is 0 Å². The summed E-state index contributed by atoms with van der Waals surface area (Å²) in [5.41, 5.74) is 1.66. The summed E-state index contributed by atoms with van der Waals surface area (Å²) < 4.78 is 26.6. The van der Waals surface area contributed by atoms with E-state index >= 15 is 0 Å². The van der Waals surface area contributed by atoms with Crippen LogP contribution in [0.25, 0.3) is 0 Å². The van der Waals surface area contributed by atoms with Gasteiger partial charge in [0.25, 0.3) is 0 Å². The average Bonchev–Trinajstić information content (AvgIpc) is 2.67. The summed E-state index contributed by atoms with van der Waals surface area (Å²) in [6, 6.07) is 15.9.